The molecule has 3 N–H and O–H groups in total. The number of aliphatic hydroxyl groups excluding tert-OH is 1. The van der Waals surface area contributed by atoms with Gasteiger partial charge in [-0.3, -0.25) is 0 Å². The van der Waals surface area contributed by atoms with Gasteiger partial charge in [0.25, 0.3) is 0 Å². The van der Waals surface area contributed by atoms with Crippen molar-refractivity contribution in [2.45, 2.75) is 104 Å². The monoisotopic (exact) mass is 430 g/mol. The Morgan fingerprint density at radius 3 is 2.26 bits per heavy atom. The van der Waals surface area contributed by atoms with Crippen LogP contribution >= 0.6 is 0 Å². The summed E-state index contributed by atoms with van der Waals surface area (Å²) >= 11 is 0. The van der Waals surface area contributed by atoms with Crippen LogP contribution in [0.5, 0.6) is 0 Å². The fraction of sp³-hybridized carbons (Fsp3) is 0.857. The van der Waals surface area contributed by atoms with Crippen LogP contribution in [-0.2, 0) is 0 Å². The van der Waals surface area contributed by atoms with Gasteiger partial charge in [-0.05, 0) is 73.5 Å². The van der Waals surface area contributed by atoms with Gasteiger partial charge in [0.15, 0.2) is 0 Å². The van der Waals surface area contributed by atoms with Gasteiger partial charge in [0.2, 0.25) is 0 Å². The van der Waals surface area contributed by atoms with E-state index < -0.39 is 17.3 Å². The van der Waals surface area contributed by atoms with Crippen molar-refractivity contribution < 1.29 is 15.3 Å². The zero-order valence-corrected chi connectivity index (χ0v) is 20.6. The van der Waals surface area contributed by atoms with Crippen molar-refractivity contribution in [3.05, 3.63) is 24.3 Å². The van der Waals surface area contributed by atoms with Crippen molar-refractivity contribution in [2.24, 2.45) is 46.3 Å². The first kappa shape index (κ1) is 23.5. The third-order valence-electron chi connectivity index (χ3n) is 10.8. The predicted molar refractivity (Wildman–Crippen MR) is 126 cm³/mol. The Morgan fingerprint density at radius 1 is 0.871 bits per heavy atom. The fourth-order valence-electron chi connectivity index (χ4n) is 8.33. The van der Waals surface area contributed by atoms with E-state index in [2.05, 4.69) is 53.7 Å². The molecule has 3 fully saturated rings. The number of hydrogen-bond donors (Lipinski definition) is 3. The minimum absolute atomic E-state index is 0.0612. The minimum atomic E-state index is -1.00. The van der Waals surface area contributed by atoms with E-state index in [0.717, 1.165) is 32.1 Å². The highest BCUT2D eigenvalue weighted by atomic mass is 16.3. The van der Waals surface area contributed by atoms with E-state index in [-0.39, 0.29) is 22.7 Å². The van der Waals surface area contributed by atoms with E-state index in [9.17, 15) is 15.3 Å². The maximum atomic E-state index is 12.2. The largest absolute Gasteiger partial charge is 0.393 e. The van der Waals surface area contributed by atoms with Crippen LogP contribution in [0.2, 0.25) is 0 Å². The number of allylic oxidation sites excluding steroid dienone is 2. The molecule has 3 saturated carbocycles. The van der Waals surface area contributed by atoms with Crippen LogP contribution in [0.3, 0.4) is 0 Å². The molecule has 0 aliphatic heterocycles. The van der Waals surface area contributed by atoms with E-state index in [1.54, 1.807) is 0 Å². The summed E-state index contributed by atoms with van der Waals surface area (Å²) in [6.07, 6.45) is 14.4. The molecule has 4 aliphatic carbocycles. The molecular formula is C28H46O3. The molecule has 0 spiro atoms. The van der Waals surface area contributed by atoms with Gasteiger partial charge in [0.05, 0.1) is 17.3 Å². The summed E-state index contributed by atoms with van der Waals surface area (Å²) in [5.74, 6) is 2.66. The highest BCUT2D eigenvalue weighted by Crippen LogP contribution is 2.68. The second kappa shape index (κ2) is 7.71. The van der Waals surface area contributed by atoms with Crippen LogP contribution in [-0.4, -0.2) is 32.6 Å². The van der Waals surface area contributed by atoms with Gasteiger partial charge in [-0.25, -0.2) is 0 Å². The molecule has 4 aliphatic rings. The van der Waals surface area contributed by atoms with Crippen molar-refractivity contribution in [1.82, 2.24) is 0 Å². The Bertz CT molecular complexity index is 743. The molecule has 0 bridgehead atoms. The molecule has 0 amide bonds. The van der Waals surface area contributed by atoms with Gasteiger partial charge in [0.1, 0.15) is 0 Å². The highest BCUT2D eigenvalue weighted by molar-refractivity contribution is 5.31. The van der Waals surface area contributed by atoms with Crippen molar-refractivity contribution in [3.8, 4) is 0 Å². The number of rotatable bonds is 4. The first-order chi connectivity index (χ1) is 14.4. The molecule has 0 aromatic carbocycles. The highest BCUT2D eigenvalue weighted by Gasteiger charge is 2.68. The van der Waals surface area contributed by atoms with E-state index in [1.165, 1.54) is 6.42 Å². The van der Waals surface area contributed by atoms with Gasteiger partial charge < -0.3 is 15.3 Å². The van der Waals surface area contributed by atoms with Gasteiger partial charge in [-0.15, -0.1) is 0 Å². The van der Waals surface area contributed by atoms with Crippen LogP contribution in [0.1, 0.15) is 86.5 Å². The predicted octanol–water partition coefficient (Wildman–Crippen LogP) is 5.50. The molecule has 0 unspecified atom stereocenters. The standard InChI is InChI=1S/C28H46O3/c1-18(2)19(3)7-8-20(4)22-9-10-23-25(22,5)13-12-24-26(6)14-11-21(29)17-27(26,30)15-16-28(23,24)31/h7-8,15-16,18-24,29-31H,9-14,17H2,1-6H3/b8-7+/t19-,20+,21-,22+,23+,24+,25+,26+,27+,28-/m0/s1. The molecule has 0 heterocycles. The smallest absolute Gasteiger partial charge is 0.0910 e. The lowest BCUT2D eigenvalue weighted by Gasteiger charge is -2.64. The summed E-state index contributed by atoms with van der Waals surface area (Å²) in [7, 11) is 0. The van der Waals surface area contributed by atoms with Crippen molar-refractivity contribution in [2.75, 3.05) is 0 Å². The second-order valence-electron chi connectivity index (χ2n) is 12.6. The Hall–Kier alpha value is -0.640. The number of hydrogen-bond acceptors (Lipinski definition) is 3. The summed E-state index contributed by atoms with van der Waals surface area (Å²) in [5.41, 5.74) is -2.09. The van der Waals surface area contributed by atoms with E-state index in [0.29, 0.717) is 30.1 Å². The lowest BCUT2D eigenvalue weighted by molar-refractivity contribution is -0.220. The summed E-state index contributed by atoms with van der Waals surface area (Å²) in [6, 6.07) is 0. The Kier molecular flexibility index (Phi) is 5.84. The van der Waals surface area contributed by atoms with E-state index >= 15 is 0 Å². The maximum Gasteiger partial charge on any atom is 0.0910 e. The minimum Gasteiger partial charge on any atom is -0.393 e. The summed E-state index contributed by atoms with van der Waals surface area (Å²) < 4.78 is 0. The molecule has 3 nitrogen and oxygen atoms in total. The van der Waals surface area contributed by atoms with Crippen LogP contribution < -0.4 is 0 Å². The van der Waals surface area contributed by atoms with Crippen molar-refractivity contribution in [3.63, 3.8) is 0 Å². The normalized spacial score (nSPS) is 51.4. The summed E-state index contributed by atoms with van der Waals surface area (Å²) in [4.78, 5) is 0. The quantitative estimate of drug-likeness (QED) is 0.516. The Balaban J connectivity index is 1.62. The zero-order chi connectivity index (χ0) is 22.8. The number of aliphatic hydroxyl groups is 3. The average Bonchev–Trinajstić information content (AvgIpc) is 3.05. The van der Waals surface area contributed by atoms with Crippen LogP contribution in [0.25, 0.3) is 0 Å². The van der Waals surface area contributed by atoms with Crippen molar-refractivity contribution in [1.29, 1.82) is 0 Å². The van der Waals surface area contributed by atoms with Gasteiger partial charge >= 0.3 is 0 Å². The van der Waals surface area contributed by atoms with Crippen LogP contribution in [0.15, 0.2) is 24.3 Å². The molecular weight excluding hydrogens is 384 g/mol. The number of fused-ring (bicyclic) bond motifs is 5. The molecule has 10 atom stereocenters. The molecule has 4 rings (SSSR count). The third-order valence-corrected chi connectivity index (χ3v) is 10.8. The summed E-state index contributed by atoms with van der Waals surface area (Å²) in [6.45, 7) is 13.8. The third kappa shape index (κ3) is 3.40. The SMILES string of the molecule is CC(C)[C@@H](C)/C=C/[C@@H](C)[C@H]1CC[C@H]2[C@@]3(O)C=C[C@@]4(O)C[C@@H](O)CC[C@]4(C)[C@H]3CC[C@]12C. The first-order valence-corrected chi connectivity index (χ1v) is 12.9. The average molecular weight is 431 g/mol. The summed E-state index contributed by atoms with van der Waals surface area (Å²) in [5, 5.41) is 34.0. The van der Waals surface area contributed by atoms with Crippen molar-refractivity contribution >= 4 is 0 Å². The molecule has 176 valence electrons. The van der Waals surface area contributed by atoms with Crippen LogP contribution in [0, 0.1) is 46.3 Å². The molecule has 3 heteroatoms. The van der Waals surface area contributed by atoms with Gasteiger partial charge in [0, 0.05) is 17.8 Å². The Labute approximate surface area is 190 Å². The first-order valence-electron chi connectivity index (χ1n) is 12.9. The molecule has 0 aromatic heterocycles. The zero-order valence-electron chi connectivity index (χ0n) is 20.6. The van der Waals surface area contributed by atoms with Gasteiger partial charge in [-0.1, -0.05) is 65.8 Å². The van der Waals surface area contributed by atoms with Crippen LogP contribution in [0.4, 0.5) is 0 Å². The van der Waals surface area contributed by atoms with E-state index in [1.807, 2.05) is 12.2 Å². The van der Waals surface area contributed by atoms with E-state index in [4.69, 9.17) is 0 Å². The second-order valence-corrected chi connectivity index (χ2v) is 12.6. The molecule has 0 aromatic rings. The topological polar surface area (TPSA) is 60.7 Å². The Morgan fingerprint density at radius 2 is 1.58 bits per heavy atom. The fourth-order valence-corrected chi connectivity index (χ4v) is 8.33. The molecule has 31 heavy (non-hydrogen) atoms. The van der Waals surface area contributed by atoms with Gasteiger partial charge in [-0.2, -0.15) is 0 Å². The lowest BCUT2D eigenvalue weighted by Crippen LogP contribution is -2.67. The maximum absolute atomic E-state index is 12.2. The molecule has 0 radical (unpaired) electrons. The molecule has 0 saturated heterocycles. The lowest BCUT2D eigenvalue weighted by atomic mass is 9.43.